The number of nitrogens with one attached hydrogen (secondary N) is 2. The molecule has 5 nitrogen and oxygen atoms in total. The number of aliphatic hydroxyl groups is 1. The van der Waals surface area contributed by atoms with Crippen molar-refractivity contribution < 1.29 is 14.6 Å². The lowest BCUT2D eigenvalue weighted by Gasteiger charge is -2.47. The van der Waals surface area contributed by atoms with Crippen molar-refractivity contribution in [3.8, 4) is 0 Å². The molecule has 1 aromatic carbocycles. The molecule has 1 amide bonds. The standard InChI is InChI=1S/C22H36N2O3/c1-16(2)22(12-9-13-22)23-15-19(25)18(14-17-10-7-6-8-11-17)24-20(26)27-21(3,4)5/h6-8,10-11,16,18-19,23,25H,9,12-15H2,1-5H3,(H,24,26)/t18-,19+/m0/s1. The molecular weight excluding hydrogens is 340 g/mol. The van der Waals surface area contributed by atoms with E-state index in [4.69, 9.17) is 4.74 Å². The van der Waals surface area contributed by atoms with Crippen molar-refractivity contribution in [3.63, 3.8) is 0 Å². The van der Waals surface area contributed by atoms with Crippen LogP contribution in [0.4, 0.5) is 4.79 Å². The molecule has 1 aliphatic carbocycles. The van der Waals surface area contributed by atoms with Crippen LogP contribution in [0.2, 0.25) is 0 Å². The van der Waals surface area contributed by atoms with Gasteiger partial charge in [-0.2, -0.15) is 0 Å². The molecule has 3 N–H and O–H groups in total. The van der Waals surface area contributed by atoms with Gasteiger partial charge < -0.3 is 20.5 Å². The van der Waals surface area contributed by atoms with Crippen LogP contribution in [0.3, 0.4) is 0 Å². The van der Waals surface area contributed by atoms with E-state index < -0.39 is 23.8 Å². The van der Waals surface area contributed by atoms with Crippen molar-refractivity contribution >= 4 is 6.09 Å². The van der Waals surface area contributed by atoms with Gasteiger partial charge in [0.1, 0.15) is 5.60 Å². The van der Waals surface area contributed by atoms with Crippen LogP contribution in [0.15, 0.2) is 30.3 Å². The van der Waals surface area contributed by atoms with Crippen LogP contribution in [-0.4, -0.2) is 41.0 Å². The quantitative estimate of drug-likeness (QED) is 0.648. The van der Waals surface area contributed by atoms with Gasteiger partial charge in [0.15, 0.2) is 0 Å². The highest BCUT2D eigenvalue weighted by Gasteiger charge is 2.40. The third-order valence-corrected chi connectivity index (χ3v) is 5.48. The normalized spacial score (nSPS) is 18.5. The fraction of sp³-hybridized carbons (Fsp3) is 0.682. The first kappa shape index (κ1) is 21.7. The molecule has 152 valence electrons. The Morgan fingerprint density at radius 3 is 2.33 bits per heavy atom. The van der Waals surface area contributed by atoms with Crippen molar-refractivity contribution in [3.05, 3.63) is 35.9 Å². The Labute approximate surface area is 163 Å². The van der Waals surface area contributed by atoms with Crippen molar-refractivity contribution in [2.45, 2.75) is 83.6 Å². The maximum absolute atomic E-state index is 12.3. The smallest absolute Gasteiger partial charge is 0.407 e. The summed E-state index contributed by atoms with van der Waals surface area (Å²) in [6, 6.07) is 9.48. The highest BCUT2D eigenvalue weighted by molar-refractivity contribution is 5.68. The number of carbonyl (C=O) groups is 1. The van der Waals surface area contributed by atoms with E-state index in [-0.39, 0.29) is 5.54 Å². The van der Waals surface area contributed by atoms with Crippen LogP contribution in [0.1, 0.15) is 59.4 Å². The molecule has 2 atom stereocenters. The monoisotopic (exact) mass is 376 g/mol. The van der Waals surface area contributed by atoms with Gasteiger partial charge in [0.05, 0.1) is 12.1 Å². The Bertz CT molecular complexity index is 591. The van der Waals surface area contributed by atoms with Gasteiger partial charge in [0, 0.05) is 12.1 Å². The molecule has 0 spiro atoms. The molecule has 1 aliphatic rings. The van der Waals surface area contributed by atoms with E-state index in [0.717, 1.165) is 18.4 Å². The second-order valence-electron chi connectivity index (χ2n) is 9.06. The molecule has 1 aromatic rings. The molecule has 0 bridgehead atoms. The van der Waals surface area contributed by atoms with Gasteiger partial charge in [0.25, 0.3) is 0 Å². The molecule has 5 heteroatoms. The first-order valence-electron chi connectivity index (χ1n) is 10.1. The van der Waals surface area contributed by atoms with E-state index >= 15 is 0 Å². The van der Waals surface area contributed by atoms with Gasteiger partial charge >= 0.3 is 6.09 Å². The molecule has 0 aromatic heterocycles. The van der Waals surface area contributed by atoms with Gasteiger partial charge in [0.2, 0.25) is 0 Å². The average Bonchev–Trinajstić information content (AvgIpc) is 2.51. The Kier molecular flexibility index (Phi) is 7.29. The summed E-state index contributed by atoms with van der Waals surface area (Å²) in [7, 11) is 0. The number of alkyl carbamates (subject to hydrolysis) is 1. The van der Waals surface area contributed by atoms with Gasteiger partial charge in [-0.25, -0.2) is 4.79 Å². The second kappa shape index (κ2) is 9.07. The summed E-state index contributed by atoms with van der Waals surface area (Å²) in [6.45, 7) is 10.4. The molecule has 27 heavy (non-hydrogen) atoms. The number of hydrogen-bond acceptors (Lipinski definition) is 4. The number of ether oxygens (including phenoxy) is 1. The van der Waals surface area contributed by atoms with E-state index in [0.29, 0.717) is 18.9 Å². The topological polar surface area (TPSA) is 70.6 Å². The van der Waals surface area contributed by atoms with Crippen molar-refractivity contribution in [2.24, 2.45) is 5.92 Å². The number of amides is 1. The average molecular weight is 377 g/mol. The SMILES string of the molecule is CC(C)C1(NC[C@@H](O)[C@H](Cc2ccccc2)NC(=O)OC(C)(C)C)CCC1. The second-order valence-corrected chi connectivity index (χ2v) is 9.06. The number of benzene rings is 1. The highest BCUT2D eigenvalue weighted by atomic mass is 16.6. The fourth-order valence-corrected chi connectivity index (χ4v) is 3.58. The van der Waals surface area contributed by atoms with Crippen molar-refractivity contribution in [1.82, 2.24) is 10.6 Å². The van der Waals surface area contributed by atoms with Gasteiger partial charge in [-0.05, 0) is 57.9 Å². The number of hydrogen-bond donors (Lipinski definition) is 3. The first-order chi connectivity index (χ1) is 12.6. The van der Waals surface area contributed by atoms with E-state index in [1.165, 1.54) is 6.42 Å². The molecule has 0 unspecified atom stereocenters. The predicted octanol–water partition coefficient (Wildman–Crippen LogP) is 3.65. The van der Waals surface area contributed by atoms with Gasteiger partial charge in [-0.1, -0.05) is 44.2 Å². The summed E-state index contributed by atoms with van der Waals surface area (Å²) in [4.78, 5) is 12.3. The highest BCUT2D eigenvalue weighted by Crippen LogP contribution is 2.38. The lowest BCUT2D eigenvalue weighted by molar-refractivity contribution is 0.0379. The van der Waals surface area contributed by atoms with Gasteiger partial charge in [-0.3, -0.25) is 0 Å². The number of rotatable bonds is 8. The lowest BCUT2D eigenvalue weighted by atomic mass is 9.69. The minimum Gasteiger partial charge on any atom is -0.444 e. The molecular formula is C22H36N2O3. The molecule has 0 aliphatic heterocycles. The summed E-state index contributed by atoms with van der Waals surface area (Å²) in [5, 5.41) is 17.3. The van der Waals surface area contributed by atoms with E-state index in [2.05, 4.69) is 24.5 Å². The Morgan fingerprint density at radius 1 is 1.22 bits per heavy atom. The van der Waals surface area contributed by atoms with E-state index in [1.54, 1.807) is 0 Å². The zero-order chi connectivity index (χ0) is 20.1. The summed E-state index contributed by atoms with van der Waals surface area (Å²) in [6.07, 6.45) is 2.86. The van der Waals surface area contributed by atoms with Crippen LogP contribution in [-0.2, 0) is 11.2 Å². The number of β-amino-alcohol motifs (C(OH)–C–C–N with tert-alkyl or cyclic N) is 1. The van der Waals surface area contributed by atoms with Crippen molar-refractivity contribution in [2.75, 3.05) is 6.54 Å². The summed E-state index contributed by atoms with van der Waals surface area (Å²) < 4.78 is 5.39. The zero-order valence-corrected chi connectivity index (χ0v) is 17.4. The Balaban J connectivity index is 2.02. The van der Waals surface area contributed by atoms with Gasteiger partial charge in [-0.15, -0.1) is 0 Å². The zero-order valence-electron chi connectivity index (χ0n) is 17.4. The van der Waals surface area contributed by atoms with Crippen LogP contribution >= 0.6 is 0 Å². The Morgan fingerprint density at radius 2 is 1.85 bits per heavy atom. The minimum atomic E-state index is -0.700. The van der Waals surface area contributed by atoms with Crippen LogP contribution in [0.5, 0.6) is 0 Å². The van der Waals surface area contributed by atoms with E-state index in [9.17, 15) is 9.90 Å². The first-order valence-corrected chi connectivity index (χ1v) is 10.1. The summed E-state index contributed by atoms with van der Waals surface area (Å²) in [5.74, 6) is 0.518. The minimum absolute atomic E-state index is 0.115. The summed E-state index contributed by atoms with van der Waals surface area (Å²) in [5.41, 5.74) is 0.613. The molecule has 1 saturated carbocycles. The fourth-order valence-electron chi connectivity index (χ4n) is 3.58. The lowest BCUT2D eigenvalue weighted by Crippen LogP contribution is -2.59. The number of carbonyl (C=O) groups excluding carboxylic acids is 1. The molecule has 0 heterocycles. The predicted molar refractivity (Wildman–Crippen MR) is 109 cm³/mol. The van der Waals surface area contributed by atoms with E-state index in [1.807, 2.05) is 51.1 Å². The van der Waals surface area contributed by atoms with Crippen LogP contribution in [0.25, 0.3) is 0 Å². The van der Waals surface area contributed by atoms with Crippen molar-refractivity contribution in [1.29, 1.82) is 0 Å². The number of aliphatic hydroxyl groups excluding tert-OH is 1. The van der Waals surface area contributed by atoms with Crippen LogP contribution < -0.4 is 10.6 Å². The maximum Gasteiger partial charge on any atom is 0.407 e. The molecule has 0 saturated heterocycles. The maximum atomic E-state index is 12.3. The summed E-state index contributed by atoms with van der Waals surface area (Å²) >= 11 is 0. The third-order valence-electron chi connectivity index (χ3n) is 5.48. The largest absolute Gasteiger partial charge is 0.444 e. The van der Waals surface area contributed by atoms with Crippen LogP contribution in [0, 0.1) is 5.92 Å². The molecule has 1 fully saturated rings. The molecule has 2 rings (SSSR count). The molecule has 0 radical (unpaired) electrons. The Hall–Kier alpha value is -1.59. The third kappa shape index (κ3) is 6.51.